The molecule has 7 nitrogen and oxygen atoms in total. The molecular formula is C16H17N5O2. The van der Waals surface area contributed by atoms with Gasteiger partial charge < -0.3 is 14.0 Å². The predicted octanol–water partition coefficient (Wildman–Crippen LogP) is 1.91. The summed E-state index contributed by atoms with van der Waals surface area (Å²) < 4.78 is 15.4. The van der Waals surface area contributed by atoms with Gasteiger partial charge in [-0.05, 0) is 12.1 Å². The van der Waals surface area contributed by atoms with Crippen molar-refractivity contribution in [3.05, 3.63) is 42.9 Å². The minimum atomic E-state index is 0.0192. The number of aromatic nitrogens is 5. The summed E-state index contributed by atoms with van der Waals surface area (Å²) in [6.07, 6.45) is 6.36. The zero-order valence-electron chi connectivity index (χ0n) is 12.8. The number of ether oxygens (including phenoxy) is 2. The van der Waals surface area contributed by atoms with E-state index in [1.54, 1.807) is 6.20 Å². The molecule has 0 spiro atoms. The highest BCUT2D eigenvalue weighted by atomic mass is 16.6. The van der Waals surface area contributed by atoms with Gasteiger partial charge in [0, 0.05) is 32.4 Å². The van der Waals surface area contributed by atoms with Crippen molar-refractivity contribution in [2.24, 2.45) is 7.05 Å². The number of para-hydroxylation sites is 2. The SMILES string of the molecule is Cn1ccnc1-c1cn(CC[C@@H]2COc3ccccc3O2)nn1. The van der Waals surface area contributed by atoms with Gasteiger partial charge in [-0.3, -0.25) is 4.68 Å². The maximum Gasteiger partial charge on any atom is 0.161 e. The third kappa shape index (κ3) is 2.77. The van der Waals surface area contributed by atoms with Crippen molar-refractivity contribution in [3.8, 4) is 23.0 Å². The van der Waals surface area contributed by atoms with Crippen LogP contribution < -0.4 is 9.47 Å². The van der Waals surface area contributed by atoms with Crippen molar-refractivity contribution >= 4 is 0 Å². The Labute approximate surface area is 133 Å². The summed E-state index contributed by atoms with van der Waals surface area (Å²) in [4.78, 5) is 4.28. The Morgan fingerprint density at radius 1 is 1.26 bits per heavy atom. The number of rotatable bonds is 4. The molecule has 0 saturated heterocycles. The predicted molar refractivity (Wildman–Crippen MR) is 83.2 cm³/mol. The largest absolute Gasteiger partial charge is 0.486 e. The first kappa shape index (κ1) is 13.8. The van der Waals surface area contributed by atoms with Crippen molar-refractivity contribution in [1.29, 1.82) is 0 Å². The molecule has 7 heteroatoms. The Balaban J connectivity index is 1.39. The summed E-state index contributed by atoms with van der Waals surface area (Å²) in [6.45, 7) is 1.27. The Hall–Kier alpha value is -2.83. The first-order valence-electron chi connectivity index (χ1n) is 7.56. The van der Waals surface area contributed by atoms with E-state index in [1.165, 1.54) is 0 Å². The van der Waals surface area contributed by atoms with Gasteiger partial charge in [0.25, 0.3) is 0 Å². The van der Waals surface area contributed by atoms with E-state index < -0.39 is 0 Å². The van der Waals surface area contributed by atoms with Crippen LogP contribution in [0.4, 0.5) is 0 Å². The van der Waals surface area contributed by atoms with E-state index in [1.807, 2.05) is 53.0 Å². The molecule has 4 rings (SSSR count). The van der Waals surface area contributed by atoms with Gasteiger partial charge in [0.15, 0.2) is 17.3 Å². The van der Waals surface area contributed by atoms with Crippen LogP contribution >= 0.6 is 0 Å². The summed E-state index contributed by atoms with van der Waals surface area (Å²) >= 11 is 0. The molecule has 0 bridgehead atoms. The van der Waals surface area contributed by atoms with Crippen LogP contribution in [0.2, 0.25) is 0 Å². The summed E-state index contributed by atoms with van der Waals surface area (Å²) in [5.74, 6) is 2.42. The fraction of sp³-hybridized carbons (Fsp3) is 0.312. The lowest BCUT2D eigenvalue weighted by Crippen LogP contribution is -2.30. The molecule has 0 amide bonds. The van der Waals surface area contributed by atoms with Gasteiger partial charge in [-0.2, -0.15) is 0 Å². The Kier molecular flexibility index (Phi) is 3.45. The van der Waals surface area contributed by atoms with Gasteiger partial charge in [0.05, 0.1) is 6.20 Å². The Morgan fingerprint density at radius 3 is 2.96 bits per heavy atom. The molecule has 1 aliphatic rings. The second kappa shape index (κ2) is 5.75. The van der Waals surface area contributed by atoms with Crippen molar-refractivity contribution in [2.75, 3.05) is 6.61 Å². The molecule has 0 saturated carbocycles. The second-order valence-corrected chi connectivity index (χ2v) is 5.51. The van der Waals surface area contributed by atoms with E-state index in [9.17, 15) is 0 Å². The van der Waals surface area contributed by atoms with E-state index in [0.717, 1.165) is 29.4 Å². The first-order valence-corrected chi connectivity index (χ1v) is 7.56. The molecule has 0 unspecified atom stereocenters. The standard InChI is InChI=1S/C16H17N5O2/c1-20-9-7-17-16(20)13-10-21(19-18-13)8-6-12-11-22-14-4-2-3-5-15(14)23-12/h2-5,7,9-10,12H,6,8,11H2,1H3/t12-/m1/s1. The van der Waals surface area contributed by atoms with Crippen LogP contribution in [-0.2, 0) is 13.6 Å². The third-order valence-corrected chi connectivity index (χ3v) is 3.84. The number of benzene rings is 1. The quantitative estimate of drug-likeness (QED) is 0.736. The topological polar surface area (TPSA) is 67.0 Å². The molecule has 23 heavy (non-hydrogen) atoms. The molecule has 1 atom stereocenters. The lowest BCUT2D eigenvalue weighted by molar-refractivity contribution is 0.0807. The molecule has 118 valence electrons. The van der Waals surface area contributed by atoms with Gasteiger partial charge in [0.2, 0.25) is 0 Å². The molecule has 3 heterocycles. The van der Waals surface area contributed by atoms with E-state index in [2.05, 4.69) is 15.3 Å². The van der Waals surface area contributed by atoms with Crippen LogP contribution in [0.25, 0.3) is 11.5 Å². The number of hydrogen-bond acceptors (Lipinski definition) is 5. The maximum atomic E-state index is 5.95. The molecule has 0 N–H and O–H groups in total. The number of hydrogen-bond donors (Lipinski definition) is 0. The van der Waals surface area contributed by atoms with Crippen molar-refractivity contribution in [2.45, 2.75) is 19.1 Å². The van der Waals surface area contributed by atoms with Crippen LogP contribution in [0.3, 0.4) is 0 Å². The molecule has 2 aromatic heterocycles. The van der Waals surface area contributed by atoms with E-state index in [4.69, 9.17) is 9.47 Å². The zero-order valence-corrected chi connectivity index (χ0v) is 12.8. The molecular weight excluding hydrogens is 294 g/mol. The summed E-state index contributed by atoms with van der Waals surface area (Å²) in [7, 11) is 1.94. The molecule has 1 aliphatic heterocycles. The smallest absolute Gasteiger partial charge is 0.161 e. The van der Waals surface area contributed by atoms with E-state index in [0.29, 0.717) is 13.2 Å². The molecule has 1 aromatic carbocycles. The summed E-state index contributed by atoms with van der Waals surface area (Å²) in [5, 5.41) is 8.34. The van der Waals surface area contributed by atoms with Gasteiger partial charge in [-0.1, -0.05) is 17.3 Å². The lowest BCUT2D eigenvalue weighted by atomic mass is 10.2. The van der Waals surface area contributed by atoms with Crippen LogP contribution in [0.15, 0.2) is 42.9 Å². The third-order valence-electron chi connectivity index (χ3n) is 3.84. The fourth-order valence-electron chi connectivity index (χ4n) is 2.60. The highest BCUT2D eigenvalue weighted by Crippen LogP contribution is 2.31. The first-order chi connectivity index (χ1) is 11.3. The van der Waals surface area contributed by atoms with Crippen LogP contribution in [0.1, 0.15) is 6.42 Å². The van der Waals surface area contributed by atoms with Gasteiger partial charge in [-0.25, -0.2) is 4.98 Å². The van der Waals surface area contributed by atoms with Gasteiger partial charge in [0.1, 0.15) is 18.4 Å². The second-order valence-electron chi connectivity index (χ2n) is 5.51. The van der Waals surface area contributed by atoms with Crippen molar-refractivity contribution < 1.29 is 9.47 Å². The normalized spacial score (nSPS) is 16.5. The highest BCUT2D eigenvalue weighted by Gasteiger charge is 2.20. The average Bonchev–Trinajstić information content (AvgIpc) is 3.21. The summed E-state index contributed by atoms with van der Waals surface area (Å²) in [5.41, 5.74) is 0.767. The minimum absolute atomic E-state index is 0.0192. The average molecular weight is 311 g/mol. The molecule has 0 fully saturated rings. The maximum absolute atomic E-state index is 5.95. The zero-order chi connectivity index (χ0) is 15.6. The van der Waals surface area contributed by atoms with E-state index in [-0.39, 0.29) is 6.10 Å². The molecule has 0 radical (unpaired) electrons. The van der Waals surface area contributed by atoms with Crippen molar-refractivity contribution in [1.82, 2.24) is 24.5 Å². The molecule has 0 aliphatic carbocycles. The Morgan fingerprint density at radius 2 is 2.13 bits per heavy atom. The number of nitrogens with zero attached hydrogens (tertiary/aromatic N) is 5. The van der Waals surface area contributed by atoms with Gasteiger partial charge in [-0.15, -0.1) is 5.10 Å². The highest BCUT2D eigenvalue weighted by molar-refractivity contribution is 5.47. The van der Waals surface area contributed by atoms with Crippen LogP contribution in [0.5, 0.6) is 11.5 Å². The van der Waals surface area contributed by atoms with Crippen molar-refractivity contribution in [3.63, 3.8) is 0 Å². The number of imidazole rings is 1. The Bertz CT molecular complexity index is 810. The van der Waals surface area contributed by atoms with E-state index >= 15 is 0 Å². The number of aryl methyl sites for hydroxylation is 2. The van der Waals surface area contributed by atoms with Crippen LogP contribution in [0, 0.1) is 0 Å². The van der Waals surface area contributed by atoms with Gasteiger partial charge >= 0.3 is 0 Å². The fourth-order valence-corrected chi connectivity index (χ4v) is 2.60. The monoisotopic (exact) mass is 311 g/mol. The van der Waals surface area contributed by atoms with Crippen LogP contribution in [-0.4, -0.2) is 37.3 Å². The number of fused-ring (bicyclic) bond motifs is 1. The summed E-state index contributed by atoms with van der Waals surface area (Å²) in [6, 6.07) is 7.73. The molecule has 3 aromatic rings. The minimum Gasteiger partial charge on any atom is -0.486 e. The lowest BCUT2D eigenvalue weighted by Gasteiger charge is -2.26.